The van der Waals surface area contributed by atoms with E-state index in [0.29, 0.717) is 29.7 Å². The number of hydrogen-bond donors (Lipinski definition) is 3. The summed E-state index contributed by atoms with van der Waals surface area (Å²) in [5.41, 5.74) is 2.26. The molecule has 7 rings (SSSR count). The SMILES string of the molecule is OC12CC3C[C@H](C1)[C@@H](Nc1c(-c4nnco4)cnc4[nH]ccc14)[C@@H](C3)C2. The molecule has 3 N–H and O–H groups in total. The van der Waals surface area contributed by atoms with Crippen LogP contribution in [-0.4, -0.2) is 36.9 Å². The van der Waals surface area contributed by atoms with Crippen LogP contribution in [0.5, 0.6) is 0 Å². The summed E-state index contributed by atoms with van der Waals surface area (Å²) in [5.74, 6) is 2.20. The Balaban J connectivity index is 1.43. The van der Waals surface area contributed by atoms with E-state index in [2.05, 4.69) is 25.5 Å². The Morgan fingerprint density at radius 1 is 1.23 bits per heavy atom. The van der Waals surface area contributed by atoms with Crippen LogP contribution >= 0.6 is 0 Å². The minimum absolute atomic E-state index is 0.369. The van der Waals surface area contributed by atoms with Crippen molar-refractivity contribution in [2.24, 2.45) is 17.8 Å². The summed E-state index contributed by atoms with van der Waals surface area (Å²) >= 11 is 0. The standard InChI is InChI=1S/C19H21N5O2/c25-19-5-10-3-11(6-19)15(12(4-10)7-19)23-16-13-1-2-20-17(13)21-8-14(16)18-24-22-9-26-18/h1-2,8-12,15,25H,3-7H2,(H2,20,21,23)/t10?,11-,12+,15-,19?. The molecule has 0 radical (unpaired) electrons. The molecule has 4 bridgehead atoms. The molecule has 0 saturated heterocycles. The Morgan fingerprint density at radius 2 is 2.08 bits per heavy atom. The lowest BCUT2D eigenvalue weighted by molar-refractivity contribution is -0.129. The van der Waals surface area contributed by atoms with Gasteiger partial charge in [-0.25, -0.2) is 4.98 Å². The number of aromatic amines is 1. The zero-order valence-corrected chi connectivity index (χ0v) is 14.4. The molecular formula is C19H21N5O2. The predicted octanol–water partition coefficient (Wildman–Crippen LogP) is 2.96. The van der Waals surface area contributed by atoms with Gasteiger partial charge in [-0.15, -0.1) is 10.2 Å². The number of pyridine rings is 1. The summed E-state index contributed by atoms with van der Waals surface area (Å²) in [6, 6.07) is 2.41. The van der Waals surface area contributed by atoms with Gasteiger partial charge in [0.2, 0.25) is 6.39 Å². The number of rotatable bonds is 3. The van der Waals surface area contributed by atoms with E-state index in [-0.39, 0.29) is 0 Å². The predicted molar refractivity (Wildman–Crippen MR) is 95.3 cm³/mol. The van der Waals surface area contributed by atoms with Gasteiger partial charge in [-0.1, -0.05) is 0 Å². The van der Waals surface area contributed by atoms with Crippen LogP contribution in [0.15, 0.2) is 29.3 Å². The first-order valence-electron chi connectivity index (χ1n) is 9.40. The van der Waals surface area contributed by atoms with Gasteiger partial charge in [0.1, 0.15) is 5.65 Å². The molecule has 26 heavy (non-hydrogen) atoms. The number of nitrogens with one attached hydrogen (secondary N) is 2. The van der Waals surface area contributed by atoms with Crippen molar-refractivity contribution in [3.8, 4) is 11.5 Å². The monoisotopic (exact) mass is 351 g/mol. The molecular weight excluding hydrogens is 330 g/mol. The van der Waals surface area contributed by atoms with Crippen LogP contribution in [0.25, 0.3) is 22.5 Å². The summed E-state index contributed by atoms with van der Waals surface area (Å²) in [7, 11) is 0. The van der Waals surface area contributed by atoms with Gasteiger partial charge in [0.15, 0.2) is 0 Å². The fourth-order valence-electron chi connectivity index (χ4n) is 6.00. The summed E-state index contributed by atoms with van der Waals surface area (Å²) in [5, 5.41) is 23.6. The van der Waals surface area contributed by atoms with Crippen molar-refractivity contribution in [1.82, 2.24) is 20.2 Å². The van der Waals surface area contributed by atoms with Crippen LogP contribution in [0.4, 0.5) is 5.69 Å². The second-order valence-corrected chi connectivity index (χ2v) is 8.40. The van der Waals surface area contributed by atoms with Crippen molar-refractivity contribution < 1.29 is 9.52 Å². The number of fused-ring (bicyclic) bond motifs is 1. The lowest BCUT2D eigenvalue weighted by atomic mass is 9.52. The number of H-pyrrole nitrogens is 1. The quantitative estimate of drug-likeness (QED) is 0.671. The van der Waals surface area contributed by atoms with Crippen molar-refractivity contribution in [2.45, 2.75) is 43.7 Å². The van der Waals surface area contributed by atoms with Crippen LogP contribution in [0.2, 0.25) is 0 Å². The Kier molecular flexibility index (Phi) is 2.87. The first kappa shape index (κ1) is 14.7. The summed E-state index contributed by atoms with van der Waals surface area (Å²) < 4.78 is 5.46. The minimum atomic E-state index is -0.425. The second-order valence-electron chi connectivity index (χ2n) is 8.40. The molecule has 0 aromatic carbocycles. The van der Waals surface area contributed by atoms with Crippen LogP contribution in [0, 0.1) is 17.8 Å². The molecule has 7 heteroatoms. The smallest absolute Gasteiger partial charge is 0.251 e. The third-order valence-corrected chi connectivity index (χ3v) is 6.73. The van der Waals surface area contributed by atoms with Gasteiger partial charge in [-0.05, 0) is 55.9 Å². The second kappa shape index (κ2) is 5.07. The molecule has 134 valence electrons. The number of hydrogen-bond acceptors (Lipinski definition) is 6. The van der Waals surface area contributed by atoms with Gasteiger partial charge in [0.05, 0.1) is 16.9 Å². The first-order valence-corrected chi connectivity index (χ1v) is 9.40. The molecule has 7 nitrogen and oxygen atoms in total. The fourth-order valence-corrected chi connectivity index (χ4v) is 6.00. The molecule has 4 aliphatic rings. The highest BCUT2D eigenvalue weighted by atomic mass is 16.4. The maximum atomic E-state index is 10.9. The molecule has 3 aromatic heterocycles. The largest absolute Gasteiger partial charge is 0.423 e. The first-order chi connectivity index (χ1) is 12.7. The zero-order valence-electron chi connectivity index (χ0n) is 14.4. The number of aliphatic hydroxyl groups is 1. The van der Waals surface area contributed by atoms with Crippen molar-refractivity contribution >= 4 is 16.7 Å². The minimum Gasteiger partial charge on any atom is -0.423 e. The van der Waals surface area contributed by atoms with Crippen molar-refractivity contribution in [2.75, 3.05) is 5.32 Å². The molecule has 4 saturated carbocycles. The van der Waals surface area contributed by atoms with E-state index >= 15 is 0 Å². The maximum Gasteiger partial charge on any atom is 0.251 e. The lowest BCUT2D eigenvalue weighted by Gasteiger charge is -2.58. The van der Waals surface area contributed by atoms with Crippen LogP contribution in [-0.2, 0) is 0 Å². The van der Waals surface area contributed by atoms with Gasteiger partial charge < -0.3 is 19.8 Å². The van der Waals surface area contributed by atoms with E-state index in [4.69, 9.17) is 4.42 Å². The third-order valence-electron chi connectivity index (χ3n) is 6.73. The molecule has 2 unspecified atom stereocenters. The summed E-state index contributed by atoms with van der Waals surface area (Å²) in [6.07, 6.45) is 10.3. The maximum absolute atomic E-state index is 10.9. The summed E-state index contributed by atoms with van der Waals surface area (Å²) in [4.78, 5) is 7.67. The fraction of sp³-hybridized carbons (Fsp3) is 0.526. The Morgan fingerprint density at radius 3 is 2.81 bits per heavy atom. The molecule has 3 heterocycles. The van der Waals surface area contributed by atoms with Crippen LogP contribution in [0.1, 0.15) is 32.1 Å². The van der Waals surface area contributed by atoms with Gasteiger partial charge in [-0.2, -0.15) is 0 Å². The average Bonchev–Trinajstić information content (AvgIpc) is 3.27. The summed E-state index contributed by atoms with van der Waals surface area (Å²) in [6.45, 7) is 0. The van der Waals surface area contributed by atoms with Crippen molar-refractivity contribution in [3.05, 3.63) is 24.9 Å². The molecule has 4 fully saturated rings. The van der Waals surface area contributed by atoms with Gasteiger partial charge in [0, 0.05) is 23.8 Å². The normalized spacial score (nSPS) is 35.3. The number of aromatic nitrogens is 4. The third kappa shape index (κ3) is 2.06. The van der Waals surface area contributed by atoms with Crippen LogP contribution < -0.4 is 5.32 Å². The van der Waals surface area contributed by atoms with Crippen molar-refractivity contribution in [3.63, 3.8) is 0 Å². The van der Waals surface area contributed by atoms with Gasteiger partial charge in [-0.3, -0.25) is 0 Å². The average molecular weight is 351 g/mol. The van der Waals surface area contributed by atoms with E-state index in [1.54, 1.807) is 6.20 Å². The Labute approximate surface area is 150 Å². The van der Waals surface area contributed by atoms with E-state index in [1.165, 1.54) is 19.2 Å². The number of anilines is 1. The molecule has 0 aliphatic heterocycles. The topological polar surface area (TPSA) is 99.9 Å². The molecule has 5 atom stereocenters. The van der Waals surface area contributed by atoms with Gasteiger partial charge in [0.25, 0.3) is 5.89 Å². The highest BCUT2D eigenvalue weighted by Crippen LogP contribution is 2.56. The molecule has 3 aromatic rings. The molecule has 0 spiro atoms. The van der Waals surface area contributed by atoms with E-state index in [1.807, 2.05) is 12.3 Å². The van der Waals surface area contributed by atoms with E-state index in [9.17, 15) is 5.11 Å². The number of nitrogens with zero attached hydrogens (tertiary/aromatic N) is 3. The van der Waals surface area contributed by atoms with Gasteiger partial charge >= 0.3 is 0 Å². The van der Waals surface area contributed by atoms with E-state index < -0.39 is 5.60 Å². The molecule has 0 amide bonds. The Hall–Kier alpha value is -2.41. The van der Waals surface area contributed by atoms with E-state index in [0.717, 1.165) is 41.5 Å². The highest BCUT2D eigenvalue weighted by molar-refractivity contribution is 5.97. The lowest BCUT2D eigenvalue weighted by Crippen LogP contribution is -2.59. The Bertz CT molecular complexity index is 950. The zero-order chi connectivity index (χ0) is 17.3. The highest BCUT2D eigenvalue weighted by Gasteiger charge is 2.54. The van der Waals surface area contributed by atoms with Crippen molar-refractivity contribution in [1.29, 1.82) is 0 Å². The molecule has 4 aliphatic carbocycles. The van der Waals surface area contributed by atoms with Crippen LogP contribution in [0.3, 0.4) is 0 Å².